The first kappa shape index (κ1) is 22.9. The molecule has 1 aliphatic heterocycles. The molecule has 2 heteroatoms. The van der Waals surface area contributed by atoms with Crippen molar-refractivity contribution in [3.63, 3.8) is 0 Å². The number of aromatic nitrogens is 1. The monoisotopic (exact) mass is 513 g/mol. The van der Waals surface area contributed by atoms with E-state index >= 15 is 0 Å². The fourth-order valence-corrected chi connectivity index (χ4v) is 6.94. The summed E-state index contributed by atoms with van der Waals surface area (Å²) in [4.78, 5) is 0. The fraction of sp³-hybridized carbons (Fsp3) is 0.0526. The zero-order valence-electron chi connectivity index (χ0n) is 22.0. The van der Waals surface area contributed by atoms with Crippen molar-refractivity contribution in [2.24, 2.45) is 0 Å². The number of ether oxygens (including phenoxy) is 1. The number of benzene rings is 5. The Labute approximate surface area is 233 Å². The first-order valence-corrected chi connectivity index (χ1v) is 13.8. The molecule has 0 fully saturated rings. The van der Waals surface area contributed by atoms with Gasteiger partial charge in [0.15, 0.2) is 0 Å². The number of para-hydroxylation sites is 3. The molecule has 0 amide bonds. The van der Waals surface area contributed by atoms with Crippen molar-refractivity contribution in [1.82, 2.24) is 4.57 Å². The van der Waals surface area contributed by atoms with Gasteiger partial charge in [-0.1, -0.05) is 116 Å². The lowest BCUT2D eigenvalue weighted by Crippen LogP contribution is -2.27. The maximum absolute atomic E-state index is 6.40. The summed E-state index contributed by atoms with van der Waals surface area (Å²) in [6, 6.07) is 41.6. The van der Waals surface area contributed by atoms with Crippen LogP contribution in [-0.2, 0) is 5.41 Å². The third kappa shape index (κ3) is 3.11. The van der Waals surface area contributed by atoms with Crippen molar-refractivity contribution in [3.05, 3.63) is 169 Å². The van der Waals surface area contributed by atoms with Crippen LogP contribution in [0.1, 0.15) is 23.1 Å². The average Bonchev–Trinajstić information content (AvgIpc) is 3.48. The van der Waals surface area contributed by atoms with E-state index in [1.54, 1.807) is 0 Å². The van der Waals surface area contributed by atoms with Crippen molar-refractivity contribution in [2.45, 2.75) is 11.8 Å². The minimum Gasteiger partial charge on any atom is -0.458 e. The van der Waals surface area contributed by atoms with E-state index in [4.69, 9.17) is 4.74 Å². The van der Waals surface area contributed by atoms with Crippen LogP contribution in [0.25, 0.3) is 38.6 Å². The molecule has 1 aromatic heterocycles. The quantitative estimate of drug-likeness (QED) is 0.214. The third-order valence-corrected chi connectivity index (χ3v) is 8.51. The molecule has 0 radical (unpaired) electrons. The number of allylic oxidation sites excluding steroid dienone is 4. The van der Waals surface area contributed by atoms with E-state index in [1.807, 2.05) is 18.2 Å². The predicted octanol–water partition coefficient (Wildman–Crippen LogP) is 9.51. The first-order valence-electron chi connectivity index (χ1n) is 13.8. The Morgan fingerprint density at radius 2 is 1.40 bits per heavy atom. The zero-order valence-corrected chi connectivity index (χ0v) is 22.0. The maximum Gasteiger partial charge on any atom is 0.131 e. The van der Waals surface area contributed by atoms with Gasteiger partial charge in [-0.05, 0) is 53.5 Å². The SMILES string of the molecule is C=C1/C=C\C=C/CC2(c3ccccc3O1)c1ccccc1-c1c2ccc2c3ccccc3n(-c3ccccc3)c12. The van der Waals surface area contributed by atoms with Crippen LogP contribution in [0, 0.1) is 0 Å². The molecule has 0 bridgehead atoms. The Hall–Kier alpha value is -5.08. The molecule has 1 aliphatic carbocycles. The van der Waals surface area contributed by atoms with Gasteiger partial charge in [0.05, 0.1) is 16.4 Å². The molecule has 6 aromatic rings. The second-order valence-corrected chi connectivity index (χ2v) is 10.6. The first-order chi connectivity index (χ1) is 19.8. The van der Waals surface area contributed by atoms with Gasteiger partial charge in [0, 0.05) is 27.6 Å². The summed E-state index contributed by atoms with van der Waals surface area (Å²) >= 11 is 0. The minimum absolute atomic E-state index is 0.420. The van der Waals surface area contributed by atoms with Gasteiger partial charge in [0.1, 0.15) is 11.5 Å². The molecule has 2 nitrogen and oxygen atoms in total. The molecule has 0 saturated carbocycles. The van der Waals surface area contributed by atoms with Crippen molar-refractivity contribution in [1.29, 1.82) is 0 Å². The van der Waals surface area contributed by atoms with E-state index in [-0.39, 0.29) is 0 Å². The van der Waals surface area contributed by atoms with E-state index in [9.17, 15) is 0 Å². The van der Waals surface area contributed by atoms with Gasteiger partial charge < -0.3 is 9.30 Å². The lowest BCUT2D eigenvalue weighted by molar-refractivity contribution is 0.431. The molecule has 0 saturated heterocycles. The van der Waals surface area contributed by atoms with Gasteiger partial charge in [-0.2, -0.15) is 0 Å². The van der Waals surface area contributed by atoms with E-state index in [0.717, 1.165) is 23.4 Å². The summed E-state index contributed by atoms with van der Waals surface area (Å²) in [5.74, 6) is 1.47. The molecule has 1 unspecified atom stereocenters. The summed E-state index contributed by atoms with van der Waals surface area (Å²) in [7, 11) is 0. The largest absolute Gasteiger partial charge is 0.458 e. The molecule has 2 aliphatic rings. The normalized spacial score (nSPS) is 19.1. The fourth-order valence-electron chi connectivity index (χ4n) is 6.94. The number of hydrogen-bond acceptors (Lipinski definition) is 1. The molecule has 5 aromatic carbocycles. The van der Waals surface area contributed by atoms with Gasteiger partial charge in [0.2, 0.25) is 0 Å². The Balaban J connectivity index is 1.56. The second kappa shape index (κ2) is 8.72. The second-order valence-electron chi connectivity index (χ2n) is 10.6. The Kier molecular flexibility index (Phi) is 4.99. The standard InChI is InChI=1S/C38H27NO/c1-26-14-4-3-13-25-38(32-20-10-12-22-35(32)40-26)31-19-9-7-18-30(31)36-33(38)24-23-29-28-17-8-11-21-34(28)39(37(29)36)27-15-5-2-6-16-27/h2-24H,1,25H2/b13-3-,14-4-. The van der Waals surface area contributed by atoms with E-state index in [1.165, 1.54) is 44.1 Å². The molecule has 0 N–H and O–H groups in total. The highest BCUT2D eigenvalue weighted by molar-refractivity contribution is 6.15. The molecule has 1 spiro atoms. The molecule has 40 heavy (non-hydrogen) atoms. The van der Waals surface area contributed by atoms with E-state index in [2.05, 4.69) is 132 Å². The lowest BCUT2D eigenvalue weighted by atomic mass is 9.69. The molecule has 2 heterocycles. The predicted molar refractivity (Wildman–Crippen MR) is 165 cm³/mol. The highest BCUT2D eigenvalue weighted by Gasteiger charge is 2.46. The summed E-state index contributed by atoms with van der Waals surface area (Å²) in [5, 5.41) is 2.53. The average molecular weight is 514 g/mol. The Morgan fingerprint density at radius 1 is 0.650 bits per heavy atom. The summed E-state index contributed by atoms with van der Waals surface area (Å²) < 4.78 is 8.84. The number of fused-ring (bicyclic) bond motifs is 11. The molecular formula is C38H27NO. The van der Waals surface area contributed by atoms with Crippen LogP contribution in [0.2, 0.25) is 0 Å². The van der Waals surface area contributed by atoms with Crippen molar-refractivity contribution in [3.8, 4) is 22.6 Å². The van der Waals surface area contributed by atoms with Crippen LogP contribution in [0.3, 0.4) is 0 Å². The summed E-state index contributed by atoms with van der Waals surface area (Å²) in [6.45, 7) is 4.15. The van der Waals surface area contributed by atoms with Crippen molar-refractivity contribution < 1.29 is 4.74 Å². The van der Waals surface area contributed by atoms with Crippen LogP contribution < -0.4 is 4.74 Å². The van der Waals surface area contributed by atoms with Gasteiger partial charge in [-0.3, -0.25) is 0 Å². The van der Waals surface area contributed by atoms with E-state index in [0.29, 0.717) is 5.76 Å². The topological polar surface area (TPSA) is 14.2 Å². The highest BCUT2D eigenvalue weighted by Crippen LogP contribution is 2.59. The third-order valence-electron chi connectivity index (χ3n) is 8.51. The number of nitrogens with zero attached hydrogens (tertiary/aromatic N) is 1. The van der Waals surface area contributed by atoms with Gasteiger partial charge in [0.25, 0.3) is 0 Å². The van der Waals surface area contributed by atoms with Crippen molar-refractivity contribution in [2.75, 3.05) is 0 Å². The van der Waals surface area contributed by atoms with Crippen molar-refractivity contribution >= 4 is 21.8 Å². The number of hydrogen-bond donors (Lipinski definition) is 0. The molecule has 190 valence electrons. The van der Waals surface area contributed by atoms with Crippen LogP contribution in [-0.4, -0.2) is 4.57 Å². The van der Waals surface area contributed by atoms with Crippen LogP contribution in [0.4, 0.5) is 0 Å². The summed E-state index contributed by atoms with van der Waals surface area (Å²) in [6.07, 6.45) is 9.15. The van der Waals surface area contributed by atoms with E-state index < -0.39 is 5.41 Å². The highest BCUT2D eigenvalue weighted by atomic mass is 16.5. The van der Waals surface area contributed by atoms with Crippen LogP contribution in [0.5, 0.6) is 5.75 Å². The Bertz CT molecular complexity index is 2020. The summed E-state index contributed by atoms with van der Waals surface area (Å²) in [5.41, 5.74) is 9.54. The molecule has 1 atom stereocenters. The maximum atomic E-state index is 6.40. The van der Waals surface area contributed by atoms with Crippen LogP contribution in [0.15, 0.2) is 152 Å². The molecule has 8 rings (SSSR count). The molecular weight excluding hydrogens is 486 g/mol. The van der Waals surface area contributed by atoms with Gasteiger partial charge in [-0.25, -0.2) is 0 Å². The minimum atomic E-state index is -0.420. The Morgan fingerprint density at radius 3 is 2.30 bits per heavy atom. The van der Waals surface area contributed by atoms with Crippen LogP contribution >= 0.6 is 0 Å². The smallest absolute Gasteiger partial charge is 0.131 e. The number of rotatable bonds is 1. The zero-order chi connectivity index (χ0) is 26.7. The lowest BCUT2D eigenvalue weighted by Gasteiger charge is -2.33. The van der Waals surface area contributed by atoms with Gasteiger partial charge in [-0.15, -0.1) is 0 Å². The van der Waals surface area contributed by atoms with Gasteiger partial charge >= 0.3 is 0 Å².